The third kappa shape index (κ3) is 5.34. The number of fused-ring (bicyclic) bond motifs is 2. The molecule has 0 nitrogen and oxygen atoms in total. The third-order valence-electron chi connectivity index (χ3n) is 3.48. The average molecular weight is 505 g/mol. The van der Waals surface area contributed by atoms with Crippen LogP contribution in [0.25, 0.3) is 20.9 Å². The van der Waals surface area contributed by atoms with E-state index < -0.39 is 0 Å². The summed E-state index contributed by atoms with van der Waals surface area (Å²) in [6.45, 7) is 4.37. The van der Waals surface area contributed by atoms with E-state index in [-0.39, 0.29) is 51.0 Å². The van der Waals surface area contributed by atoms with Crippen molar-refractivity contribution in [3.63, 3.8) is 0 Å². The fraction of sp³-hybridized carbons (Fsp3) is 0.167. The molecule has 23 heavy (non-hydrogen) atoms. The fourth-order valence-electron chi connectivity index (χ4n) is 2.52. The van der Waals surface area contributed by atoms with Gasteiger partial charge in [-0.05, 0) is 27.0 Å². The minimum absolute atomic E-state index is 0. The Morgan fingerprint density at radius 1 is 1.13 bits per heavy atom. The maximum absolute atomic E-state index is 3.55. The van der Waals surface area contributed by atoms with Crippen molar-refractivity contribution >= 4 is 48.1 Å². The van der Waals surface area contributed by atoms with Crippen molar-refractivity contribution in [2.45, 2.75) is 20.3 Å². The number of thiophene rings is 1. The van der Waals surface area contributed by atoms with Crippen molar-refractivity contribution in [2.24, 2.45) is 0 Å². The van der Waals surface area contributed by atoms with Crippen molar-refractivity contribution in [2.75, 3.05) is 0 Å². The molecule has 1 heterocycles. The minimum Gasteiger partial charge on any atom is -1.00 e. The summed E-state index contributed by atoms with van der Waals surface area (Å²) in [5, 5.41) is 4.14. The second-order valence-corrected chi connectivity index (χ2v) is 7.47. The number of benzene rings is 1. The molecule has 0 bridgehead atoms. The van der Waals surface area contributed by atoms with Gasteiger partial charge in [0, 0.05) is 0 Å². The number of allylic oxidation sites excluding steroid dienone is 4. The molecular weight excluding hydrogens is 490 g/mol. The van der Waals surface area contributed by atoms with Gasteiger partial charge in [-0.3, -0.25) is 17.4 Å². The molecule has 3 aromatic rings. The molecule has 5 heteroatoms. The average Bonchev–Trinajstić information content (AvgIpc) is 3.10. The van der Waals surface area contributed by atoms with Crippen LogP contribution >= 0.6 is 27.3 Å². The van der Waals surface area contributed by atoms with Crippen LogP contribution in [0.2, 0.25) is 0 Å². The van der Waals surface area contributed by atoms with Crippen LogP contribution in [0.3, 0.4) is 0 Å². The first-order chi connectivity index (χ1) is 9.65. The summed E-state index contributed by atoms with van der Waals surface area (Å²) in [5.41, 5.74) is 2.75. The molecule has 1 aliphatic rings. The van der Waals surface area contributed by atoms with Crippen LogP contribution in [0.5, 0.6) is 0 Å². The number of hydrogen-bond donors (Lipinski definition) is 0. The second-order valence-electron chi connectivity index (χ2n) is 5.00. The van der Waals surface area contributed by atoms with Gasteiger partial charge in [0.25, 0.3) is 0 Å². The van der Waals surface area contributed by atoms with Crippen LogP contribution in [-0.4, -0.2) is 0 Å². The Morgan fingerprint density at radius 3 is 2.43 bits per heavy atom. The van der Waals surface area contributed by atoms with E-state index in [0.29, 0.717) is 0 Å². The van der Waals surface area contributed by atoms with Crippen molar-refractivity contribution < 1.29 is 51.0 Å². The topological polar surface area (TPSA) is 0 Å². The molecule has 0 spiro atoms. The largest absolute Gasteiger partial charge is 4.00 e. The Labute approximate surface area is 181 Å². The van der Waals surface area contributed by atoms with Gasteiger partial charge in [-0.2, -0.15) is 17.5 Å². The van der Waals surface area contributed by atoms with Gasteiger partial charge in [-0.25, -0.2) is 12.2 Å². The molecule has 0 saturated heterocycles. The predicted octanol–water partition coefficient (Wildman–Crippen LogP) is 0.464. The molecule has 2 aromatic carbocycles. The molecule has 0 saturated carbocycles. The van der Waals surface area contributed by atoms with Gasteiger partial charge >= 0.3 is 26.2 Å². The summed E-state index contributed by atoms with van der Waals surface area (Å²) >= 11 is 5.36. The third-order valence-corrected chi connectivity index (χ3v) is 5.06. The van der Waals surface area contributed by atoms with Gasteiger partial charge in [0.05, 0.1) is 0 Å². The van der Waals surface area contributed by atoms with E-state index in [1.165, 1.54) is 35.8 Å². The summed E-state index contributed by atoms with van der Waals surface area (Å²) in [7, 11) is 0. The summed E-state index contributed by atoms with van der Waals surface area (Å²) in [5.74, 6) is 0. The zero-order chi connectivity index (χ0) is 14.1. The molecule has 1 aliphatic carbocycles. The van der Waals surface area contributed by atoms with Gasteiger partial charge in [-0.15, -0.1) is 38.7 Å². The standard InChI is InChI=1S/C13H10BrS.C5H5.2ClH.Zr/c1-7-3-9-5-12-11(6-13(14)15-12)8(2)10(9)4-7;1-2-4-5-3-1;;;/h3-6H,1-2H3;1-3H,4H2;2*1H;/q2*-1;;;+4/p-2. The Bertz CT molecular complexity index is 766. The maximum Gasteiger partial charge on any atom is 4.00 e. The smallest absolute Gasteiger partial charge is 1.00 e. The first kappa shape index (κ1) is 23.2. The molecular formula is C18H15BrCl2SZr. The molecule has 0 aliphatic heterocycles. The van der Waals surface area contributed by atoms with Crippen molar-refractivity contribution in [3.05, 3.63) is 63.5 Å². The van der Waals surface area contributed by atoms with E-state index in [9.17, 15) is 0 Å². The first-order valence-corrected chi connectivity index (χ1v) is 8.23. The first-order valence-electron chi connectivity index (χ1n) is 6.62. The molecule has 4 rings (SSSR count). The monoisotopic (exact) mass is 502 g/mol. The maximum atomic E-state index is 3.55. The van der Waals surface area contributed by atoms with Crippen LogP contribution in [0, 0.1) is 19.9 Å². The molecule has 0 amide bonds. The van der Waals surface area contributed by atoms with Crippen molar-refractivity contribution in [1.29, 1.82) is 0 Å². The van der Waals surface area contributed by atoms with Gasteiger partial charge < -0.3 is 24.8 Å². The molecule has 0 radical (unpaired) electrons. The Morgan fingerprint density at radius 2 is 1.87 bits per heavy atom. The Kier molecular flexibility index (Phi) is 10.4. The van der Waals surface area contributed by atoms with Gasteiger partial charge in [0.1, 0.15) is 0 Å². The van der Waals surface area contributed by atoms with Gasteiger partial charge in [-0.1, -0.05) is 19.1 Å². The number of aryl methyl sites for hydroxylation is 2. The summed E-state index contributed by atoms with van der Waals surface area (Å²) in [6.07, 6.45) is 10.0. The second kappa shape index (κ2) is 10.3. The van der Waals surface area contributed by atoms with E-state index in [0.717, 1.165) is 6.42 Å². The van der Waals surface area contributed by atoms with E-state index in [4.69, 9.17) is 0 Å². The quantitative estimate of drug-likeness (QED) is 0.390. The van der Waals surface area contributed by atoms with E-state index in [1.54, 1.807) is 0 Å². The normalized spacial score (nSPS) is 11.4. The summed E-state index contributed by atoms with van der Waals surface area (Å²) in [6, 6.07) is 9.04. The predicted molar refractivity (Wildman–Crippen MR) is 93.7 cm³/mol. The number of halogens is 3. The van der Waals surface area contributed by atoms with Gasteiger partial charge in [0.2, 0.25) is 0 Å². The minimum atomic E-state index is 0. The van der Waals surface area contributed by atoms with Gasteiger partial charge in [0.15, 0.2) is 0 Å². The Hall–Kier alpha value is 0.213. The molecule has 118 valence electrons. The van der Waals surface area contributed by atoms with Crippen LogP contribution < -0.4 is 24.8 Å². The zero-order valence-corrected chi connectivity index (χ0v) is 19.2. The molecule has 0 N–H and O–H groups in total. The van der Waals surface area contributed by atoms with Crippen LogP contribution in [-0.2, 0) is 26.2 Å². The van der Waals surface area contributed by atoms with Crippen molar-refractivity contribution in [1.82, 2.24) is 0 Å². The zero-order valence-electron chi connectivity index (χ0n) is 12.8. The van der Waals surface area contributed by atoms with Crippen LogP contribution in [0.15, 0.2) is 46.3 Å². The number of rotatable bonds is 0. The van der Waals surface area contributed by atoms with E-state index in [1.807, 2.05) is 23.5 Å². The van der Waals surface area contributed by atoms with Crippen molar-refractivity contribution in [3.8, 4) is 0 Å². The molecule has 0 unspecified atom stereocenters. The SMILES string of the molecule is Cc1cc2cc3s[c-](Br)cc3c(C)c2c1.[C-]1=CC=CC1.[Cl-].[Cl-].[Zr+4]. The van der Waals surface area contributed by atoms with E-state index >= 15 is 0 Å². The number of hydrogen-bond acceptors (Lipinski definition) is 1. The van der Waals surface area contributed by atoms with Crippen LogP contribution in [0.1, 0.15) is 17.5 Å². The molecule has 0 atom stereocenters. The fourth-order valence-corrected chi connectivity index (χ4v) is 4.17. The Balaban J connectivity index is 0.000000529. The summed E-state index contributed by atoms with van der Waals surface area (Å²) < 4.78 is 2.59. The molecule has 1 aromatic heterocycles. The summed E-state index contributed by atoms with van der Waals surface area (Å²) in [4.78, 5) is 0. The van der Waals surface area contributed by atoms with E-state index in [2.05, 4.69) is 66.2 Å². The van der Waals surface area contributed by atoms with Crippen LogP contribution in [0.4, 0.5) is 0 Å². The molecule has 0 fully saturated rings.